The molecule has 112 valence electrons. The molecule has 1 unspecified atom stereocenters. The van der Waals surface area contributed by atoms with E-state index in [0.29, 0.717) is 12.8 Å². The Morgan fingerprint density at radius 2 is 2.00 bits per heavy atom. The molecule has 1 aromatic carbocycles. The molecule has 1 saturated carbocycles. The molecule has 21 heavy (non-hydrogen) atoms. The fourth-order valence-corrected chi connectivity index (χ4v) is 2.71. The number of halogens is 2. The fourth-order valence-electron chi connectivity index (χ4n) is 2.71. The number of hydrogen-bond acceptors (Lipinski definition) is 3. The number of carbonyl (C=O) groups excluding carboxylic acids is 2. The normalized spacial score (nSPS) is 21.4. The van der Waals surface area contributed by atoms with Gasteiger partial charge in [0, 0.05) is 0 Å². The lowest BCUT2D eigenvalue weighted by Crippen LogP contribution is -2.52. The Bertz CT molecular complexity index is 616. The Hall–Kier alpha value is -2.02. The Kier molecular flexibility index (Phi) is 3.16. The van der Waals surface area contributed by atoms with Gasteiger partial charge in [-0.05, 0) is 37.0 Å². The monoisotopic (exact) mass is 296 g/mol. The Morgan fingerprint density at radius 3 is 2.52 bits per heavy atom. The van der Waals surface area contributed by atoms with E-state index in [4.69, 9.17) is 0 Å². The van der Waals surface area contributed by atoms with Gasteiger partial charge in [0.15, 0.2) is 11.6 Å². The smallest absolute Gasteiger partial charge is 0.325 e. The fraction of sp³-hybridized carbons (Fsp3) is 0.429. The van der Waals surface area contributed by atoms with Crippen LogP contribution in [0.15, 0.2) is 18.2 Å². The summed E-state index contributed by atoms with van der Waals surface area (Å²) in [5.41, 5.74) is -0.700. The van der Waals surface area contributed by atoms with E-state index in [9.17, 15) is 23.5 Å². The van der Waals surface area contributed by atoms with E-state index in [1.807, 2.05) is 0 Å². The van der Waals surface area contributed by atoms with Crippen molar-refractivity contribution in [3.8, 4) is 0 Å². The van der Waals surface area contributed by atoms with Crippen LogP contribution in [0.1, 0.15) is 30.9 Å². The number of rotatable bonds is 3. The lowest BCUT2D eigenvalue weighted by molar-refractivity contribution is -0.135. The number of carbonyl (C=O) groups is 2. The largest absolute Gasteiger partial charge is 0.387 e. The second-order valence-corrected chi connectivity index (χ2v) is 5.47. The minimum Gasteiger partial charge on any atom is -0.387 e. The molecule has 0 radical (unpaired) electrons. The van der Waals surface area contributed by atoms with E-state index in [1.165, 1.54) is 6.07 Å². The van der Waals surface area contributed by atoms with Crippen LogP contribution in [-0.4, -0.2) is 34.0 Å². The van der Waals surface area contributed by atoms with Crippen molar-refractivity contribution in [3.05, 3.63) is 35.4 Å². The van der Waals surface area contributed by atoms with Crippen molar-refractivity contribution in [1.82, 2.24) is 10.2 Å². The van der Waals surface area contributed by atoms with Crippen molar-refractivity contribution in [2.75, 3.05) is 6.54 Å². The highest BCUT2D eigenvalue weighted by molar-refractivity contribution is 6.07. The highest BCUT2D eigenvalue weighted by Gasteiger charge is 2.54. The topological polar surface area (TPSA) is 69.6 Å². The molecule has 1 spiro atoms. The lowest BCUT2D eigenvalue weighted by atomic mass is 9.77. The zero-order valence-corrected chi connectivity index (χ0v) is 11.1. The van der Waals surface area contributed by atoms with Gasteiger partial charge in [-0.1, -0.05) is 6.07 Å². The molecular weight excluding hydrogens is 282 g/mol. The van der Waals surface area contributed by atoms with Crippen LogP contribution in [0, 0.1) is 11.6 Å². The number of amides is 3. The van der Waals surface area contributed by atoms with Crippen LogP contribution in [0.3, 0.4) is 0 Å². The third kappa shape index (κ3) is 2.17. The third-order valence-electron chi connectivity index (χ3n) is 4.14. The molecule has 0 aromatic heterocycles. The van der Waals surface area contributed by atoms with Gasteiger partial charge in [-0.25, -0.2) is 13.6 Å². The number of aliphatic hydroxyl groups excluding tert-OH is 1. The van der Waals surface area contributed by atoms with Crippen LogP contribution >= 0.6 is 0 Å². The van der Waals surface area contributed by atoms with E-state index in [0.717, 1.165) is 23.5 Å². The van der Waals surface area contributed by atoms with Gasteiger partial charge in [0.1, 0.15) is 5.54 Å². The molecule has 1 aliphatic carbocycles. The number of urea groups is 1. The average Bonchev–Trinajstić information content (AvgIpc) is 2.66. The number of β-amino-alcohol motifs (C(OH)–C–C–N with tert-alkyl or cyclic N) is 1. The van der Waals surface area contributed by atoms with Gasteiger partial charge in [-0.15, -0.1) is 0 Å². The van der Waals surface area contributed by atoms with Gasteiger partial charge < -0.3 is 10.4 Å². The highest BCUT2D eigenvalue weighted by Crippen LogP contribution is 2.37. The van der Waals surface area contributed by atoms with E-state index in [-0.39, 0.29) is 18.0 Å². The molecule has 2 aliphatic rings. The summed E-state index contributed by atoms with van der Waals surface area (Å²) in [6.45, 7) is -0.280. The van der Waals surface area contributed by atoms with Crippen LogP contribution in [-0.2, 0) is 4.79 Å². The van der Waals surface area contributed by atoms with E-state index in [2.05, 4.69) is 5.32 Å². The van der Waals surface area contributed by atoms with Crippen LogP contribution in [0.25, 0.3) is 0 Å². The standard InChI is InChI=1S/C14H14F2N2O3/c15-9-3-2-8(6-10(9)16)11(19)7-18-12(20)14(4-1-5-14)17-13(18)21/h2-3,6,11,19H,1,4-5,7H2,(H,17,21). The first-order valence-corrected chi connectivity index (χ1v) is 6.70. The molecule has 1 aromatic rings. The quantitative estimate of drug-likeness (QED) is 0.830. The predicted octanol–water partition coefficient (Wildman–Crippen LogP) is 1.47. The molecule has 1 aliphatic heterocycles. The number of benzene rings is 1. The molecule has 3 amide bonds. The summed E-state index contributed by atoms with van der Waals surface area (Å²) in [5, 5.41) is 12.7. The Balaban J connectivity index is 1.75. The van der Waals surface area contributed by atoms with Crippen LogP contribution in [0.4, 0.5) is 13.6 Å². The Labute approximate surface area is 119 Å². The van der Waals surface area contributed by atoms with Gasteiger partial charge >= 0.3 is 6.03 Å². The molecule has 1 saturated heterocycles. The minimum atomic E-state index is -1.26. The summed E-state index contributed by atoms with van der Waals surface area (Å²) in [7, 11) is 0. The highest BCUT2D eigenvalue weighted by atomic mass is 19.2. The maximum Gasteiger partial charge on any atom is 0.325 e. The molecule has 2 fully saturated rings. The van der Waals surface area contributed by atoms with Crippen molar-refractivity contribution >= 4 is 11.9 Å². The van der Waals surface area contributed by atoms with E-state index >= 15 is 0 Å². The second-order valence-electron chi connectivity index (χ2n) is 5.47. The summed E-state index contributed by atoms with van der Waals surface area (Å²) >= 11 is 0. The molecule has 2 N–H and O–H groups in total. The average molecular weight is 296 g/mol. The minimum absolute atomic E-state index is 0.115. The van der Waals surface area contributed by atoms with Crippen molar-refractivity contribution < 1.29 is 23.5 Å². The van der Waals surface area contributed by atoms with Crippen LogP contribution < -0.4 is 5.32 Å². The van der Waals surface area contributed by atoms with Gasteiger partial charge in [0.2, 0.25) is 0 Å². The molecule has 7 heteroatoms. The van der Waals surface area contributed by atoms with Crippen LogP contribution in [0.2, 0.25) is 0 Å². The first-order valence-electron chi connectivity index (χ1n) is 6.70. The van der Waals surface area contributed by atoms with Crippen molar-refractivity contribution in [2.45, 2.75) is 30.9 Å². The van der Waals surface area contributed by atoms with Gasteiger partial charge in [0.25, 0.3) is 5.91 Å². The summed E-state index contributed by atoms with van der Waals surface area (Å²) in [6, 6.07) is 2.42. The van der Waals surface area contributed by atoms with Gasteiger partial charge in [-0.2, -0.15) is 0 Å². The molecular formula is C14H14F2N2O3. The summed E-state index contributed by atoms with van der Waals surface area (Å²) in [5.74, 6) is -2.46. The SMILES string of the molecule is O=C1NC2(CCC2)C(=O)N1CC(O)c1ccc(F)c(F)c1. The van der Waals surface area contributed by atoms with E-state index < -0.39 is 29.3 Å². The molecule has 3 rings (SSSR count). The molecule has 1 heterocycles. The zero-order chi connectivity index (χ0) is 15.2. The zero-order valence-electron chi connectivity index (χ0n) is 11.1. The summed E-state index contributed by atoms with van der Waals surface area (Å²) in [6.07, 6.45) is 0.793. The number of imide groups is 1. The number of hydrogen-bond donors (Lipinski definition) is 2. The summed E-state index contributed by atoms with van der Waals surface area (Å²) < 4.78 is 26.0. The first-order chi connectivity index (χ1) is 9.93. The van der Waals surface area contributed by atoms with E-state index in [1.54, 1.807) is 0 Å². The van der Waals surface area contributed by atoms with Crippen molar-refractivity contribution in [1.29, 1.82) is 0 Å². The predicted molar refractivity (Wildman–Crippen MR) is 68.1 cm³/mol. The second kappa shape index (κ2) is 4.77. The molecule has 5 nitrogen and oxygen atoms in total. The van der Waals surface area contributed by atoms with Crippen molar-refractivity contribution in [3.63, 3.8) is 0 Å². The van der Waals surface area contributed by atoms with Gasteiger partial charge in [-0.3, -0.25) is 9.69 Å². The number of nitrogens with zero attached hydrogens (tertiary/aromatic N) is 1. The summed E-state index contributed by atoms with van der Waals surface area (Å²) in [4.78, 5) is 25.0. The lowest BCUT2D eigenvalue weighted by Gasteiger charge is -2.35. The van der Waals surface area contributed by atoms with Gasteiger partial charge in [0.05, 0.1) is 12.6 Å². The van der Waals surface area contributed by atoms with Crippen molar-refractivity contribution in [2.24, 2.45) is 0 Å². The number of nitrogens with one attached hydrogen (secondary N) is 1. The maximum atomic E-state index is 13.1. The molecule has 1 atom stereocenters. The first kappa shape index (κ1) is 13.9. The maximum absolute atomic E-state index is 13.1. The molecule has 0 bridgehead atoms. The third-order valence-corrected chi connectivity index (χ3v) is 4.14. The number of aliphatic hydroxyl groups is 1. The Morgan fingerprint density at radius 1 is 1.29 bits per heavy atom. The van der Waals surface area contributed by atoms with Crippen LogP contribution in [0.5, 0.6) is 0 Å².